The third kappa shape index (κ3) is 5.32. The maximum absolute atomic E-state index is 10.5. The molecule has 0 bridgehead atoms. The van der Waals surface area contributed by atoms with Gasteiger partial charge in [0.1, 0.15) is 6.61 Å². The van der Waals surface area contributed by atoms with E-state index >= 15 is 0 Å². The zero-order chi connectivity index (χ0) is 14.9. The van der Waals surface area contributed by atoms with E-state index in [4.69, 9.17) is 9.94 Å². The normalized spacial score (nSPS) is 11.0. The van der Waals surface area contributed by atoms with Crippen molar-refractivity contribution in [3.8, 4) is 0 Å². The quantitative estimate of drug-likeness (QED) is 0.502. The van der Waals surface area contributed by atoms with Gasteiger partial charge < -0.3 is 9.94 Å². The Balaban J connectivity index is 1.92. The lowest BCUT2D eigenvalue weighted by Crippen LogP contribution is -1.89. The Bertz CT molecular complexity index is 648. The van der Waals surface area contributed by atoms with Crippen molar-refractivity contribution in [1.82, 2.24) is 0 Å². The molecule has 0 aliphatic rings. The SMILES string of the molecule is O=C(O)/C=C\c1cccc(/C=N/OCc2ccccc2)c1. The van der Waals surface area contributed by atoms with Gasteiger partial charge in [0.2, 0.25) is 0 Å². The van der Waals surface area contributed by atoms with Crippen LogP contribution in [-0.4, -0.2) is 17.3 Å². The van der Waals surface area contributed by atoms with Crippen molar-refractivity contribution < 1.29 is 14.7 Å². The average molecular weight is 281 g/mol. The second-order valence-corrected chi connectivity index (χ2v) is 4.34. The van der Waals surface area contributed by atoms with E-state index in [-0.39, 0.29) is 0 Å². The molecular weight excluding hydrogens is 266 g/mol. The summed E-state index contributed by atoms with van der Waals surface area (Å²) < 4.78 is 0. The Morgan fingerprint density at radius 1 is 1.10 bits per heavy atom. The fourth-order valence-corrected chi connectivity index (χ4v) is 1.69. The molecule has 2 rings (SSSR count). The van der Waals surface area contributed by atoms with Crippen LogP contribution in [0.3, 0.4) is 0 Å². The molecular formula is C17H15NO3. The van der Waals surface area contributed by atoms with E-state index in [0.29, 0.717) is 6.61 Å². The zero-order valence-electron chi connectivity index (χ0n) is 11.3. The number of oxime groups is 1. The Labute approximate surface area is 123 Å². The van der Waals surface area contributed by atoms with Crippen molar-refractivity contribution in [3.63, 3.8) is 0 Å². The molecule has 21 heavy (non-hydrogen) atoms. The Morgan fingerprint density at radius 3 is 2.62 bits per heavy atom. The number of rotatable bonds is 6. The fraction of sp³-hybridized carbons (Fsp3) is 0.0588. The number of hydrogen-bond donors (Lipinski definition) is 1. The standard InChI is InChI=1S/C17H15NO3/c19-17(20)10-9-14-7-4-8-16(11-14)12-18-21-13-15-5-2-1-3-6-15/h1-12H,13H2,(H,19,20)/b10-9-,18-12+. The summed E-state index contributed by atoms with van der Waals surface area (Å²) in [5.74, 6) is -0.972. The number of carboxylic acid groups (broad SMARTS) is 1. The minimum absolute atomic E-state index is 0.413. The molecule has 0 aromatic heterocycles. The summed E-state index contributed by atoms with van der Waals surface area (Å²) in [4.78, 5) is 15.7. The maximum Gasteiger partial charge on any atom is 0.328 e. The number of benzene rings is 2. The highest BCUT2D eigenvalue weighted by Crippen LogP contribution is 2.06. The fourth-order valence-electron chi connectivity index (χ4n) is 1.69. The monoisotopic (exact) mass is 281 g/mol. The van der Waals surface area contributed by atoms with Crippen molar-refractivity contribution in [2.75, 3.05) is 0 Å². The van der Waals surface area contributed by atoms with E-state index < -0.39 is 5.97 Å². The summed E-state index contributed by atoms with van der Waals surface area (Å²) in [5.41, 5.74) is 2.69. The molecule has 0 spiro atoms. The first kappa shape index (κ1) is 14.5. The predicted molar refractivity (Wildman–Crippen MR) is 81.9 cm³/mol. The minimum Gasteiger partial charge on any atom is -0.478 e. The van der Waals surface area contributed by atoms with Crippen LogP contribution in [0.5, 0.6) is 0 Å². The van der Waals surface area contributed by atoms with Gasteiger partial charge in [-0.05, 0) is 28.8 Å². The van der Waals surface area contributed by atoms with Crippen molar-refractivity contribution in [2.24, 2.45) is 5.16 Å². The lowest BCUT2D eigenvalue weighted by atomic mass is 10.1. The van der Waals surface area contributed by atoms with Crippen LogP contribution in [0.1, 0.15) is 16.7 Å². The molecule has 0 radical (unpaired) electrons. The first-order valence-electron chi connectivity index (χ1n) is 6.44. The van der Waals surface area contributed by atoms with Gasteiger partial charge in [0.25, 0.3) is 0 Å². The third-order valence-electron chi connectivity index (χ3n) is 2.68. The second kappa shape index (κ2) is 7.65. The molecule has 0 atom stereocenters. The molecule has 0 aliphatic carbocycles. The molecule has 0 saturated heterocycles. The highest BCUT2D eigenvalue weighted by atomic mass is 16.6. The summed E-state index contributed by atoms with van der Waals surface area (Å²) in [6, 6.07) is 17.1. The predicted octanol–water partition coefficient (Wildman–Crippen LogP) is 3.34. The second-order valence-electron chi connectivity index (χ2n) is 4.34. The molecule has 1 N–H and O–H groups in total. The molecule has 0 saturated carbocycles. The van der Waals surface area contributed by atoms with Gasteiger partial charge in [0, 0.05) is 6.08 Å². The summed E-state index contributed by atoms with van der Waals surface area (Å²) in [6.45, 7) is 0.413. The van der Waals surface area contributed by atoms with E-state index in [9.17, 15) is 4.79 Å². The Kier molecular flexibility index (Phi) is 5.29. The molecule has 0 fully saturated rings. The highest BCUT2D eigenvalue weighted by Gasteiger charge is 1.93. The van der Waals surface area contributed by atoms with E-state index in [1.54, 1.807) is 6.21 Å². The van der Waals surface area contributed by atoms with Crippen LogP contribution in [-0.2, 0) is 16.2 Å². The molecule has 4 heteroatoms. The van der Waals surface area contributed by atoms with Crippen LogP contribution >= 0.6 is 0 Å². The van der Waals surface area contributed by atoms with E-state index in [0.717, 1.165) is 22.8 Å². The summed E-state index contributed by atoms with van der Waals surface area (Å²) >= 11 is 0. The maximum atomic E-state index is 10.5. The van der Waals surface area contributed by atoms with E-state index in [2.05, 4.69) is 5.16 Å². The van der Waals surface area contributed by atoms with Gasteiger partial charge in [0.05, 0.1) is 6.21 Å². The molecule has 0 aliphatic heterocycles. The molecule has 106 valence electrons. The van der Waals surface area contributed by atoms with Crippen molar-refractivity contribution in [2.45, 2.75) is 6.61 Å². The Morgan fingerprint density at radius 2 is 1.86 bits per heavy atom. The van der Waals surface area contributed by atoms with Gasteiger partial charge in [-0.15, -0.1) is 0 Å². The number of aliphatic carboxylic acids is 1. The van der Waals surface area contributed by atoms with Crippen LogP contribution in [0.4, 0.5) is 0 Å². The van der Waals surface area contributed by atoms with Gasteiger partial charge in [0.15, 0.2) is 0 Å². The number of carbonyl (C=O) groups is 1. The van der Waals surface area contributed by atoms with Crippen LogP contribution < -0.4 is 0 Å². The lowest BCUT2D eigenvalue weighted by Gasteiger charge is -1.99. The van der Waals surface area contributed by atoms with Crippen molar-refractivity contribution >= 4 is 18.3 Å². The minimum atomic E-state index is -0.972. The summed E-state index contributed by atoms with van der Waals surface area (Å²) in [7, 11) is 0. The van der Waals surface area contributed by atoms with Crippen molar-refractivity contribution in [1.29, 1.82) is 0 Å². The molecule has 0 heterocycles. The van der Waals surface area contributed by atoms with Crippen molar-refractivity contribution in [3.05, 3.63) is 77.4 Å². The number of nitrogens with zero attached hydrogens (tertiary/aromatic N) is 1. The van der Waals surface area contributed by atoms with Crippen LogP contribution in [0.2, 0.25) is 0 Å². The van der Waals surface area contributed by atoms with Crippen LogP contribution in [0.25, 0.3) is 6.08 Å². The molecule has 0 unspecified atom stereocenters. The van der Waals surface area contributed by atoms with E-state index in [1.165, 1.54) is 6.08 Å². The molecule has 2 aromatic carbocycles. The third-order valence-corrected chi connectivity index (χ3v) is 2.68. The largest absolute Gasteiger partial charge is 0.478 e. The highest BCUT2D eigenvalue weighted by molar-refractivity contribution is 5.86. The Hall–Kier alpha value is -2.88. The molecule has 0 amide bonds. The first-order valence-corrected chi connectivity index (χ1v) is 6.44. The van der Waals surface area contributed by atoms with Gasteiger partial charge in [-0.3, -0.25) is 0 Å². The summed E-state index contributed by atoms with van der Waals surface area (Å²) in [6.07, 6.45) is 4.23. The van der Waals surface area contributed by atoms with Crippen LogP contribution in [0, 0.1) is 0 Å². The zero-order valence-corrected chi connectivity index (χ0v) is 11.3. The molecule has 4 nitrogen and oxygen atoms in total. The van der Waals surface area contributed by atoms with Gasteiger partial charge in [-0.1, -0.05) is 53.7 Å². The molecule has 2 aromatic rings. The van der Waals surface area contributed by atoms with E-state index in [1.807, 2.05) is 54.6 Å². The van der Waals surface area contributed by atoms with Gasteiger partial charge in [-0.2, -0.15) is 0 Å². The topological polar surface area (TPSA) is 58.9 Å². The first-order chi connectivity index (χ1) is 10.2. The van der Waals surface area contributed by atoms with Crippen LogP contribution in [0.15, 0.2) is 65.8 Å². The number of carboxylic acids is 1. The van der Waals surface area contributed by atoms with Gasteiger partial charge >= 0.3 is 5.97 Å². The lowest BCUT2D eigenvalue weighted by molar-refractivity contribution is -0.131. The summed E-state index contributed by atoms with van der Waals surface area (Å²) in [5, 5.41) is 12.5. The van der Waals surface area contributed by atoms with Gasteiger partial charge in [-0.25, -0.2) is 4.79 Å². The smallest absolute Gasteiger partial charge is 0.328 e. The number of hydrogen-bond acceptors (Lipinski definition) is 3. The average Bonchev–Trinajstić information content (AvgIpc) is 2.51.